The fraction of sp³-hybridized carbons (Fsp3) is 0.296. The first-order chi connectivity index (χ1) is 18.3. The first kappa shape index (κ1) is 25.3. The lowest BCUT2D eigenvalue weighted by atomic mass is 9.98. The van der Waals surface area contributed by atoms with Crippen molar-refractivity contribution in [3.8, 4) is 5.75 Å². The molecule has 1 aliphatic rings. The maximum atomic E-state index is 12.7. The Labute approximate surface area is 217 Å². The van der Waals surface area contributed by atoms with Gasteiger partial charge in [0, 0.05) is 18.4 Å². The van der Waals surface area contributed by atoms with E-state index in [0.29, 0.717) is 29.8 Å². The Balaban J connectivity index is 1.21. The molecule has 3 heterocycles. The van der Waals surface area contributed by atoms with Gasteiger partial charge in [0.05, 0.1) is 18.0 Å². The smallest absolute Gasteiger partial charge is 0.336 e. The van der Waals surface area contributed by atoms with Crippen LogP contribution in [0.3, 0.4) is 0 Å². The number of hydrogen-bond acceptors (Lipinski definition) is 9. The maximum Gasteiger partial charge on any atom is 0.336 e. The third-order valence-corrected chi connectivity index (χ3v) is 6.47. The molecule has 5 rings (SSSR count). The molecule has 11 nitrogen and oxygen atoms in total. The van der Waals surface area contributed by atoms with Gasteiger partial charge in [-0.25, -0.2) is 19.7 Å². The summed E-state index contributed by atoms with van der Waals surface area (Å²) in [5, 5.41) is 20.0. The number of carboxylic acid groups (broad SMARTS) is 1. The lowest BCUT2D eigenvalue weighted by Crippen LogP contribution is -2.20. The number of benzene rings is 2. The van der Waals surface area contributed by atoms with Crippen LogP contribution in [0.4, 0.5) is 5.82 Å². The molecule has 0 bridgehead atoms. The third-order valence-electron chi connectivity index (χ3n) is 6.47. The van der Waals surface area contributed by atoms with Gasteiger partial charge >= 0.3 is 5.97 Å². The van der Waals surface area contributed by atoms with E-state index in [0.717, 1.165) is 11.1 Å². The van der Waals surface area contributed by atoms with Gasteiger partial charge in [0.1, 0.15) is 30.3 Å². The van der Waals surface area contributed by atoms with Gasteiger partial charge in [-0.05, 0) is 42.7 Å². The second kappa shape index (κ2) is 10.6. The van der Waals surface area contributed by atoms with Crippen LogP contribution in [0, 0.1) is 6.92 Å². The standard InChI is InChI=1S/C27H27N5O6/c1-15-8-16(6-7-21(33)19-4-2-3-5-20(19)27(35)36)10-17(9-15)37-12-18-11-22(34)26(38-18)32-14-31-23-24(28)29-13-30-25(23)32/h2-5,8-10,13-14,18,22,26,34H,6-7,11-12H2,1H3,(H,35,36)(H2,28,29,30)/t18-,22+,26+/m0/s1. The van der Waals surface area contributed by atoms with Gasteiger partial charge in [-0.3, -0.25) is 9.36 Å². The van der Waals surface area contributed by atoms with Crippen LogP contribution in [-0.4, -0.2) is 60.3 Å². The van der Waals surface area contributed by atoms with Crippen molar-refractivity contribution in [2.24, 2.45) is 0 Å². The molecular weight excluding hydrogens is 490 g/mol. The van der Waals surface area contributed by atoms with Crippen molar-refractivity contribution in [1.29, 1.82) is 0 Å². The second-order valence-corrected chi connectivity index (χ2v) is 9.27. The van der Waals surface area contributed by atoms with Crippen molar-refractivity contribution in [3.63, 3.8) is 0 Å². The SMILES string of the molecule is Cc1cc(CCC(=O)c2ccccc2C(=O)O)cc(OC[C@@H]2C[C@@H](O)[C@H](n3cnc4c(N)ncnc43)O2)c1. The number of aryl methyl sites for hydroxylation is 2. The summed E-state index contributed by atoms with van der Waals surface area (Å²) in [5.74, 6) is -0.483. The fourth-order valence-corrected chi connectivity index (χ4v) is 4.69. The van der Waals surface area contributed by atoms with Crippen molar-refractivity contribution >= 4 is 28.7 Å². The molecule has 0 radical (unpaired) electrons. The molecule has 11 heteroatoms. The van der Waals surface area contributed by atoms with Crippen LogP contribution >= 0.6 is 0 Å². The number of carbonyl (C=O) groups is 2. The number of fused-ring (bicyclic) bond motifs is 1. The van der Waals surface area contributed by atoms with E-state index in [-0.39, 0.29) is 41.9 Å². The van der Waals surface area contributed by atoms with Gasteiger partial charge in [-0.2, -0.15) is 0 Å². The number of aromatic carboxylic acids is 1. The number of carboxylic acids is 1. The highest BCUT2D eigenvalue weighted by Crippen LogP contribution is 2.32. The Bertz CT molecular complexity index is 1500. The maximum absolute atomic E-state index is 12.7. The molecule has 2 aromatic heterocycles. The monoisotopic (exact) mass is 517 g/mol. The number of aliphatic hydroxyl groups is 1. The number of nitrogens with two attached hydrogens (primary N) is 1. The molecule has 4 N–H and O–H groups in total. The summed E-state index contributed by atoms with van der Waals surface area (Å²) in [6.45, 7) is 2.15. The summed E-state index contributed by atoms with van der Waals surface area (Å²) in [6.07, 6.45) is 1.98. The molecule has 2 aromatic carbocycles. The van der Waals surface area contributed by atoms with Crippen molar-refractivity contribution in [1.82, 2.24) is 19.5 Å². The third kappa shape index (κ3) is 5.20. The average molecular weight is 518 g/mol. The van der Waals surface area contributed by atoms with Crippen LogP contribution < -0.4 is 10.5 Å². The topological polar surface area (TPSA) is 163 Å². The number of ether oxygens (including phenoxy) is 2. The summed E-state index contributed by atoms with van der Waals surface area (Å²) in [4.78, 5) is 36.5. The van der Waals surface area contributed by atoms with Gasteiger partial charge in [0.15, 0.2) is 23.5 Å². The number of hydrogen-bond donors (Lipinski definition) is 3. The molecule has 1 saturated heterocycles. The van der Waals surface area contributed by atoms with Gasteiger partial charge in [0.25, 0.3) is 0 Å². The lowest BCUT2D eigenvalue weighted by molar-refractivity contribution is -0.0457. The molecule has 0 saturated carbocycles. The molecular formula is C27H27N5O6. The highest BCUT2D eigenvalue weighted by molar-refractivity contribution is 6.05. The summed E-state index contributed by atoms with van der Waals surface area (Å²) < 4.78 is 13.7. The zero-order chi connectivity index (χ0) is 26.8. The van der Waals surface area contributed by atoms with E-state index in [1.807, 2.05) is 25.1 Å². The van der Waals surface area contributed by atoms with Crippen LogP contribution in [0.25, 0.3) is 11.2 Å². The summed E-state index contributed by atoms with van der Waals surface area (Å²) >= 11 is 0. The van der Waals surface area contributed by atoms with Crippen molar-refractivity contribution in [2.75, 3.05) is 12.3 Å². The second-order valence-electron chi connectivity index (χ2n) is 9.27. The zero-order valence-electron chi connectivity index (χ0n) is 20.7. The number of nitrogens with zero attached hydrogens (tertiary/aromatic N) is 4. The molecule has 196 valence electrons. The van der Waals surface area contributed by atoms with Crippen LogP contribution in [0.15, 0.2) is 55.1 Å². The van der Waals surface area contributed by atoms with Crippen molar-refractivity contribution < 1.29 is 29.3 Å². The predicted molar refractivity (Wildman–Crippen MR) is 137 cm³/mol. The lowest BCUT2D eigenvalue weighted by Gasteiger charge is -2.17. The Morgan fingerprint density at radius 2 is 1.95 bits per heavy atom. The van der Waals surface area contributed by atoms with E-state index in [2.05, 4.69) is 15.0 Å². The quantitative estimate of drug-likeness (QED) is 0.281. The number of Topliss-reactive ketones (excluding diaryl/α,β-unsaturated/α-hetero) is 1. The minimum atomic E-state index is -1.12. The number of carbonyl (C=O) groups excluding carboxylic acids is 1. The first-order valence-corrected chi connectivity index (χ1v) is 12.2. The summed E-state index contributed by atoms with van der Waals surface area (Å²) in [5.41, 5.74) is 8.85. The van der Waals surface area contributed by atoms with Gasteiger partial charge < -0.3 is 25.4 Å². The van der Waals surface area contributed by atoms with Crippen LogP contribution in [0.2, 0.25) is 0 Å². The molecule has 1 fully saturated rings. The van der Waals surface area contributed by atoms with Crippen molar-refractivity contribution in [2.45, 2.75) is 44.6 Å². The molecule has 0 amide bonds. The molecule has 0 unspecified atom stereocenters. The van der Waals surface area contributed by atoms with E-state index in [4.69, 9.17) is 15.2 Å². The molecule has 0 spiro atoms. The van der Waals surface area contributed by atoms with E-state index in [1.165, 1.54) is 24.8 Å². The fourth-order valence-electron chi connectivity index (χ4n) is 4.69. The van der Waals surface area contributed by atoms with Crippen molar-refractivity contribution in [3.05, 3.63) is 77.4 Å². The van der Waals surface area contributed by atoms with E-state index in [9.17, 15) is 19.8 Å². The Hall–Kier alpha value is -4.35. The number of anilines is 1. The Kier molecular flexibility index (Phi) is 7.03. The van der Waals surface area contributed by atoms with E-state index < -0.39 is 18.3 Å². The Morgan fingerprint density at radius 1 is 1.16 bits per heavy atom. The largest absolute Gasteiger partial charge is 0.491 e. The summed E-state index contributed by atoms with van der Waals surface area (Å²) in [7, 11) is 0. The summed E-state index contributed by atoms with van der Waals surface area (Å²) in [6, 6.07) is 11.9. The minimum absolute atomic E-state index is 0.00225. The molecule has 4 aromatic rings. The van der Waals surface area contributed by atoms with Gasteiger partial charge in [0.2, 0.25) is 0 Å². The zero-order valence-corrected chi connectivity index (χ0v) is 20.7. The minimum Gasteiger partial charge on any atom is -0.491 e. The molecule has 0 aliphatic carbocycles. The number of imidazole rings is 1. The number of aliphatic hydroxyl groups excluding tert-OH is 1. The molecule has 38 heavy (non-hydrogen) atoms. The predicted octanol–water partition coefficient (Wildman–Crippen LogP) is 2.96. The average Bonchev–Trinajstić information content (AvgIpc) is 3.49. The number of aromatic nitrogens is 4. The van der Waals surface area contributed by atoms with Gasteiger partial charge in [-0.15, -0.1) is 0 Å². The molecule has 1 aliphatic heterocycles. The highest BCUT2D eigenvalue weighted by Gasteiger charge is 2.36. The van der Waals surface area contributed by atoms with Crippen LogP contribution in [-0.2, 0) is 11.2 Å². The number of ketones is 1. The van der Waals surface area contributed by atoms with Crippen LogP contribution in [0.5, 0.6) is 5.75 Å². The van der Waals surface area contributed by atoms with Gasteiger partial charge in [-0.1, -0.05) is 24.3 Å². The Morgan fingerprint density at radius 3 is 2.74 bits per heavy atom. The van der Waals surface area contributed by atoms with E-state index >= 15 is 0 Å². The highest BCUT2D eigenvalue weighted by atomic mass is 16.6. The first-order valence-electron chi connectivity index (χ1n) is 12.2. The number of rotatable bonds is 9. The normalized spacial score (nSPS) is 19.1. The van der Waals surface area contributed by atoms with E-state index in [1.54, 1.807) is 16.7 Å². The number of nitrogen functional groups attached to an aromatic ring is 1. The van der Waals surface area contributed by atoms with Crippen LogP contribution in [0.1, 0.15) is 50.9 Å². The molecule has 3 atom stereocenters.